The van der Waals surface area contributed by atoms with Gasteiger partial charge < -0.3 is 4.42 Å². The lowest BCUT2D eigenvalue weighted by molar-refractivity contribution is -0.384. The smallest absolute Gasteiger partial charge is 0.269 e. The molecule has 0 saturated carbocycles. The van der Waals surface area contributed by atoms with Gasteiger partial charge >= 0.3 is 0 Å². The van der Waals surface area contributed by atoms with Crippen LogP contribution in [0.3, 0.4) is 0 Å². The molecule has 0 fully saturated rings. The number of hydrogen-bond acceptors (Lipinski definition) is 8. The number of nitro groups is 1. The molecular formula is C24H15N3O5S2. The minimum absolute atomic E-state index is 0.00941. The number of hydrogen-bond donors (Lipinski definition) is 0. The van der Waals surface area contributed by atoms with Crippen molar-refractivity contribution in [2.75, 3.05) is 0 Å². The molecule has 0 saturated heterocycles. The molecule has 0 amide bonds. The van der Waals surface area contributed by atoms with Crippen LogP contribution in [-0.2, 0) is 8.87 Å². The summed E-state index contributed by atoms with van der Waals surface area (Å²) in [6.07, 6.45) is 0. The summed E-state index contributed by atoms with van der Waals surface area (Å²) in [7, 11) is -3.46. The Labute approximate surface area is 197 Å². The van der Waals surface area contributed by atoms with Crippen molar-refractivity contribution in [3.05, 3.63) is 101 Å². The largest absolute Gasteiger partial charge is 0.454 e. The molecule has 8 nitrogen and oxygen atoms in total. The van der Waals surface area contributed by atoms with Gasteiger partial charge in [-0.1, -0.05) is 48.5 Å². The summed E-state index contributed by atoms with van der Waals surface area (Å²) in [6, 6.07) is 25.1. The van der Waals surface area contributed by atoms with Gasteiger partial charge in [-0.15, -0.1) is 0 Å². The molecule has 0 aliphatic carbocycles. The monoisotopic (exact) mass is 489 g/mol. The first-order valence-electron chi connectivity index (χ1n) is 10.0. The summed E-state index contributed by atoms with van der Waals surface area (Å²) in [5.41, 5.74) is 2.25. The number of furan rings is 1. The highest BCUT2D eigenvalue weighted by Gasteiger charge is 2.22. The van der Waals surface area contributed by atoms with E-state index in [1.165, 1.54) is 12.1 Å². The van der Waals surface area contributed by atoms with Crippen molar-refractivity contribution in [3.8, 4) is 22.7 Å². The number of nitro benzene ring substituents is 1. The Kier molecular flexibility index (Phi) is 5.60. The van der Waals surface area contributed by atoms with E-state index >= 15 is 0 Å². The maximum absolute atomic E-state index is 13.0. The van der Waals surface area contributed by atoms with Crippen molar-refractivity contribution in [1.29, 1.82) is 0 Å². The van der Waals surface area contributed by atoms with E-state index in [1.807, 2.05) is 60.7 Å². The zero-order valence-electron chi connectivity index (χ0n) is 17.4. The second kappa shape index (κ2) is 8.73. The molecule has 5 rings (SSSR count). The normalized spacial score (nSPS) is 11.5. The van der Waals surface area contributed by atoms with Crippen LogP contribution in [-0.4, -0.2) is 23.3 Å². The second-order valence-electron chi connectivity index (χ2n) is 7.22. The Morgan fingerprint density at radius 1 is 0.824 bits per heavy atom. The van der Waals surface area contributed by atoms with Crippen LogP contribution < -0.4 is 0 Å². The molecule has 34 heavy (non-hydrogen) atoms. The Balaban J connectivity index is 1.58. The predicted molar refractivity (Wildman–Crippen MR) is 129 cm³/mol. The standard InChI is InChI=1S/C24H15N3O5S2/c28-27(29)18-10-12-19(13-11-18)34(30,31)33-24-25-20(16-6-2-1-3-7-16)15-21(26-24)23-14-17-8-4-5-9-22(17)32-23/h1-15H. The van der Waals surface area contributed by atoms with Crippen LogP contribution in [0.2, 0.25) is 0 Å². The number of rotatable bonds is 6. The van der Waals surface area contributed by atoms with Crippen molar-refractivity contribution in [3.63, 3.8) is 0 Å². The molecule has 0 aliphatic rings. The van der Waals surface area contributed by atoms with Gasteiger partial charge in [0.15, 0.2) is 5.76 Å². The molecule has 0 unspecified atom stereocenters. The highest BCUT2D eigenvalue weighted by atomic mass is 33.1. The Hall–Kier alpha value is -4.02. The molecule has 0 bridgehead atoms. The fraction of sp³-hybridized carbons (Fsp3) is 0. The van der Waals surface area contributed by atoms with Gasteiger partial charge in [-0.3, -0.25) is 10.1 Å². The molecule has 168 valence electrons. The van der Waals surface area contributed by atoms with E-state index in [9.17, 15) is 18.5 Å². The van der Waals surface area contributed by atoms with Crippen molar-refractivity contribution in [2.24, 2.45) is 0 Å². The fourth-order valence-electron chi connectivity index (χ4n) is 3.33. The molecule has 3 aromatic carbocycles. The average molecular weight is 490 g/mol. The van der Waals surface area contributed by atoms with E-state index in [-0.39, 0.29) is 15.7 Å². The second-order valence-corrected chi connectivity index (χ2v) is 11.0. The van der Waals surface area contributed by atoms with E-state index in [1.54, 1.807) is 6.07 Å². The van der Waals surface area contributed by atoms with Crippen molar-refractivity contribution in [2.45, 2.75) is 10.1 Å². The van der Waals surface area contributed by atoms with Crippen LogP contribution in [0.15, 0.2) is 105 Å². The molecule has 0 atom stereocenters. The third kappa shape index (κ3) is 4.41. The first-order chi connectivity index (χ1) is 16.4. The molecule has 2 aromatic heterocycles. The van der Waals surface area contributed by atoms with E-state index in [4.69, 9.17) is 4.42 Å². The Morgan fingerprint density at radius 2 is 1.50 bits per heavy atom. The van der Waals surface area contributed by atoms with E-state index in [0.717, 1.165) is 23.1 Å². The summed E-state index contributed by atoms with van der Waals surface area (Å²) >= 11 is 0. The zero-order valence-corrected chi connectivity index (χ0v) is 19.0. The van der Waals surface area contributed by atoms with Gasteiger partial charge in [-0.2, -0.15) is 0 Å². The summed E-state index contributed by atoms with van der Waals surface area (Å²) in [5, 5.41) is 11.8. The minimum atomic E-state index is -3.94. The number of benzene rings is 3. The lowest BCUT2D eigenvalue weighted by atomic mass is 10.1. The van der Waals surface area contributed by atoms with Gasteiger partial charge in [0.1, 0.15) is 11.3 Å². The van der Waals surface area contributed by atoms with Gasteiger partial charge in [0.2, 0.25) is 14.0 Å². The summed E-state index contributed by atoms with van der Waals surface area (Å²) < 4.78 is 32.0. The topological polar surface area (TPSA) is 116 Å². The van der Waals surface area contributed by atoms with Gasteiger partial charge in [0.05, 0.1) is 26.3 Å². The number of para-hydroxylation sites is 1. The highest BCUT2D eigenvalue weighted by Crippen LogP contribution is 2.34. The van der Waals surface area contributed by atoms with E-state index in [0.29, 0.717) is 33.5 Å². The molecule has 2 heterocycles. The Bertz CT molecular complexity index is 1580. The van der Waals surface area contributed by atoms with Gasteiger partial charge in [0, 0.05) is 23.1 Å². The van der Waals surface area contributed by atoms with Crippen LogP contribution in [0.25, 0.3) is 33.7 Å². The minimum Gasteiger partial charge on any atom is -0.454 e. The molecular weight excluding hydrogens is 474 g/mol. The number of aromatic nitrogens is 2. The fourth-order valence-corrected chi connectivity index (χ4v) is 5.80. The SMILES string of the molecule is O=[N+]([O-])c1ccc(S(=O)(=O)Sc2nc(-c3ccccc3)cc(-c3cc4ccccc4o3)n2)cc1. The van der Waals surface area contributed by atoms with Crippen molar-refractivity contribution in [1.82, 2.24) is 9.97 Å². The lowest BCUT2D eigenvalue weighted by Crippen LogP contribution is -2.00. The molecule has 0 spiro atoms. The van der Waals surface area contributed by atoms with Crippen LogP contribution in [0.4, 0.5) is 5.69 Å². The third-order valence-corrected chi connectivity index (χ3v) is 8.06. The summed E-state index contributed by atoms with van der Waals surface area (Å²) in [5.74, 6) is 0.482. The first kappa shape index (κ1) is 21.8. The van der Waals surface area contributed by atoms with Gasteiger partial charge in [-0.25, -0.2) is 18.4 Å². The molecule has 5 aromatic rings. The molecule has 0 aliphatic heterocycles. The number of nitrogens with zero attached hydrogens (tertiary/aromatic N) is 3. The zero-order chi connectivity index (χ0) is 23.7. The van der Waals surface area contributed by atoms with Crippen molar-refractivity contribution < 1.29 is 17.8 Å². The number of non-ortho nitro benzene ring substituents is 1. The molecule has 10 heteroatoms. The van der Waals surface area contributed by atoms with Crippen LogP contribution in [0.5, 0.6) is 0 Å². The third-order valence-electron chi connectivity index (χ3n) is 4.97. The summed E-state index contributed by atoms with van der Waals surface area (Å²) in [6.45, 7) is 0. The number of fused-ring (bicyclic) bond motifs is 1. The molecule has 0 N–H and O–H groups in total. The van der Waals surface area contributed by atoms with E-state index < -0.39 is 13.8 Å². The first-order valence-corrected chi connectivity index (χ1v) is 12.8. The summed E-state index contributed by atoms with van der Waals surface area (Å²) in [4.78, 5) is 19.1. The molecule has 0 radical (unpaired) electrons. The van der Waals surface area contributed by atoms with Crippen LogP contribution >= 0.6 is 10.8 Å². The van der Waals surface area contributed by atoms with Gasteiger partial charge in [0.25, 0.3) is 5.69 Å². The predicted octanol–water partition coefficient (Wildman–Crippen LogP) is 5.95. The Morgan fingerprint density at radius 3 is 2.21 bits per heavy atom. The maximum atomic E-state index is 13.0. The lowest BCUT2D eigenvalue weighted by Gasteiger charge is -2.08. The highest BCUT2D eigenvalue weighted by molar-refractivity contribution is 8.72. The van der Waals surface area contributed by atoms with Crippen molar-refractivity contribution >= 4 is 36.3 Å². The van der Waals surface area contributed by atoms with Crippen LogP contribution in [0, 0.1) is 10.1 Å². The maximum Gasteiger partial charge on any atom is 0.269 e. The van der Waals surface area contributed by atoms with Crippen LogP contribution in [0.1, 0.15) is 0 Å². The average Bonchev–Trinajstić information content (AvgIpc) is 3.29. The quantitative estimate of drug-likeness (QED) is 0.124. The van der Waals surface area contributed by atoms with E-state index in [2.05, 4.69) is 9.97 Å². The van der Waals surface area contributed by atoms with Gasteiger partial charge in [-0.05, 0) is 30.3 Å².